The van der Waals surface area contributed by atoms with E-state index in [2.05, 4.69) is 20.9 Å². The van der Waals surface area contributed by atoms with Gasteiger partial charge in [-0.25, -0.2) is 4.98 Å². The van der Waals surface area contributed by atoms with E-state index in [0.29, 0.717) is 12.2 Å². The van der Waals surface area contributed by atoms with E-state index in [-0.39, 0.29) is 5.78 Å². The average molecular weight is 339 g/mol. The van der Waals surface area contributed by atoms with Crippen LogP contribution < -0.4 is 0 Å². The van der Waals surface area contributed by atoms with E-state index >= 15 is 0 Å². The molecule has 2 rings (SSSR count). The smallest absolute Gasteiger partial charge is 0.150 e. The van der Waals surface area contributed by atoms with E-state index in [0.717, 1.165) is 21.7 Å². The summed E-state index contributed by atoms with van der Waals surface area (Å²) in [5, 5.41) is 0. The van der Waals surface area contributed by atoms with Crippen molar-refractivity contribution in [3.63, 3.8) is 0 Å². The number of imidazole rings is 1. The van der Waals surface area contributed by atoms with Crippen molar-refractivity contribution in [2.24, 2.45) is 0 Å². The summed E-state index contributed by atoms with van der Waals surface area (Å²) in [6, 6.07) is 7.98. The van der Waals surface area contributed by atoms with Crippen LogP contribution in [0.2, 0.25) is 0 Å². The van der Waals surface area contributed by atoms with Crippen molar-refractivity contribution < 1.29 is 4.79 Å². The average Bonchev–Trinajstić information content (AvgIpc) is 2.85. The van der Waals surface area contributed by atoms with Gasteiger partial charge in [0.05, 0.1) is 12.2 Å². The van der Waals surface area contributed by atoms with Gasteiger partial charge in [-0.3, -0.25) is 4.79 Å². The summed E-state index contributed by atoms with van der Waals surface area (Å²) in [6.07, 6.45) is 4.06. The Balaban J connectivity index is 1.86. The Bertz CT molecular complexity index is 551. The van der Waals surface area contributed by atoms with Crippen molar-refractivity contribution >= 4 is 33.5 Å². The zero-order valence-electron chi connectivity index (χ0n) is 10.7. The highest BCUT2D eigenvalue weighted by atomic mass is 79.9. The molecule has 19 heavy (non-hydrogen) atoms. The molecule has 0 saturated carbocycles. The van der Waals surface area contributed by atoms with Gasteiger partial charge in [0.2, 0.25) is 0 Å². The maximum Gasteiger partial charge on any atom is 0.150 e. The number of rotatable bonds is 6. The molecule has 2 aromatic rings. The molecule has 0 atom stereocenters. The third-order valence-corrected chi connectivity index (χ3v) is 4.31. The van der Waals surface area contributed by atoms with Crippen LogP contribution in [0.3, 0.4) is 0 Å². The molecule has 1 aromatic carbocycles. The monoisotopic (exact) mass is 338 g/mol. The van der Waals surface area contributed by atoms with Crippen molar-refractivity contribution in [3.05, 3.63) is 47.0 Å². The van der Waals surface area contributed by atoms with Gasteiger partial charge in [0, 0.05) is 28.3 Å². The van der Waals surface area contributed by atoms with E-state index in [4.69, 9.17) is 0 Å². The fraction of sp³-hybridized carbons (Fsp3) is 0.286. The number of halogens is 1. The van der Waals surface area contributed by atoms with Crippen LogP contribution in [-0.2, 0) is 17.8 Å². The lowest BCUT2D eigenvalue weighted by Gasteiger charge is -2.04. The molecule has 100 valence electrons. The molecule has 3 nitrogen and oxygen atoms in total. The second kappa shape index (κ2) is 6.91. The molecular formula is C14H15BrN2OS. The van der Waals surface area contributed by atoms with E-state index < -0.39 is 0 Å². The van der Waals surface area contributed by atoms with E-state index in [1.807, 2.05) is 42.0 Å². The van der Waals surface area contributed by atoms with Gasteiger partial charge in [-0.2, -0.15) is 0 Å². The van der Waals surface area contributed by atoms with Crippen LogP contribution in [0, 0.1) is 0 Å². The fourth-order valence-electron chi connectivity index (χ4n) is 1.72. The van der Waals surface area contributed by atoms with Crippen molar-refractivity contribution in [3.8, 4) is 0 Å². The fourth-order valence-corrected chi connectivity index (χ4v) is 2.74. The summed E-state index contributed by atoms with van der Waals surface area (Å²) < 4.78 is 3.05. The van der Waals surface area contributed by atoms with Gasteiger partial charge < -0.3 is 4.57 Å². The van der Waals surface area contributed by atoms with E-state index in [1.54, 1.807) is 18.0 Å². The minimum Gasteiger partial charge on any atom is -0.335 e. The van der Waals surface area contributed by atoms with Crippen LogP contribution in [0.1, 0.15) is 12.7 Å². The molecule has 0 bridgehead atoms. The molecule has 0 aliphatic rings. The van der Waals surface area contributed by atoms with Gasteiger partial charge in [-0.05, 0) is 31.2 Å². The highest BCUT2D eigenvalue weighted by Crippen LogP contribution is 2.20. The predicted molar refractivity (Wildman–Crippen MR) is 81.5 cm³/mol. The SMILES string of the molecule is CCn1ccnc1CC(=O)CSc1ccc(Br)cc1. The maximum absolute atomic E-state index is 11.9. The summed E-state index contributed by atoms with van der Waals surface area (Å²) >= 11 is 4.96. The largest absolute Gasteiger partial charge is 0.335 e. The van der Waals surface area contributed by atoms with Crippen LogP contribution >= 0.6 is 27.7 Å². The van der Waals surface area contributed by atoms with Gasteiger partial charge in [0.25, 0.3) is 0 Å². The summed E-state index contributed by atoms with van der Waals surface area (Å²) in [5.41, 5.74) is 0. The summed E-state index contributed by atoms with van der Waals surface area (Å²) in [6.45, 7) is 2.90. The summed E-state index contributed by atoms with van der Waals surface area (Å²) in [4.78, 5) is 17.3. The van der Waals surface area contributed by atoms with E-state index in [1.165, 1.54) is 0 Å². The second-order valence-corrected chi connectivity index (χ2v) is 6.05. The molecule has 0 amide bonds. The molecule has 0 unspecified atom stereocenters. The lowest BCUT2D eigenvalue weighted by atomic mass is 10.3. The number of aromatic nitrogens is 2. The molecular weight excluding hydrogens is 324 g/mol. The number of carbonyl (C=O) groups is 1. The number of hydrogen-bond donors (Lipinski definition) is 0. The third-order valence-electron chi connectivity index (χ3n) is 2.71. The first-order valence-corrected chi connectivity index (χ1v) is 7.87. The topological polar surface area (TPSA) is 34.9 Å². The Morgan fingerprint density at radius 1 is 1.37 bits per heavy atom. The second-order valence-electron chi connectivity index (χ2n) is 4.09. The molecule has 0 saturated heterocycles. The Morgan fingerprint density at radius 2 is 2.11 bits per heavy atom. The van der Waals surface area contributed by atoms with Gasteiger partial charge in [0.1, 0.15) is 5.82 Å². The number of nitrogens with zero attached hydrogens (tertiary/aromatic N) is 2. The molecule has 1 aromatic heterocycles. The molecule has 0 aliphatic carbocycles. The lowest BCUT2D eigenvalue weighted by molar-refractivity contribution is -0.116. The van der Waals surface area contributed by atoms with E-state index in [9.17, 15) is 4.79 Å². The Kier molecular flexibility index (Phi) is 5.22. The van der Waals surface area contributed by atoms with Gasteiger partial charge in [-0.1, -0.05) is 15.9 Å². The standard InChI is InChI=1S/C14H15BrN2OS/c1-2-17-8-7-16-14(17)9-12(18)10-19-13-5-3-11(15)4-6-13/h3-8H,2,9-10H2,1H3. The molecule has 0 spiro atoms. The summed E-state index contributed by atoms with van der Waals surface area (Å²) in [7, 11) is 0. The number of benzene rings is 1. The number of carbonyl (C=O) groups excluding carboxylic acids is 1. The highest BCUT2D eigenvalue weighted by Gasteiger charge is 2.09. The van der Waals surface area contributed by atoms with Crippen molar-refractivity contribution in [2.45, 2.75) is 24.8 Å². The van der Waals surface area contributed by atoms with Gasteiger partial charge in [-0.15, -0.1) is 11.8 Å². The number of aryl methyl sites for hydroxylation is 1. The number of thioether (sulfide) groups is 1. The first kappa shape index (κ1) is 14.3. The van der Waals surface area contributed by atoms with Gasteiger partial charge in [0.15, 0.2) is 5.78 Å². The van der Waals surface area contributed by atoms with Crippen LogP contribution in [0.25, 0.3) is 0 Å². The zero-order chi connectivity index (χ0) is 13.7. The van der Waals surface area contributed by atoms with Crippen molar-refractivity contribution in [1.29, 1.82) is 0 Å². The Hall–Kier alpha value is -1.07. The number of Topliss-reactive ketones (excluding diaryl/α,β-unsaturated/α-hetero) is 1. The zero-order valence-corrected chi connectivity index (χ0v) is 13.1. The quantitative estimate of drug-likeness (QED) is 0.755. The summed E-state index contributed by atoms with van der Waals surface area (Å²) in [5.74, 6) is 1.54. The molecule has 0 aliphatic heterocycles. The first-order valence-electron chi connectivity index (χ1n) is 6.09. The highest BCUT2D eigenvalue weighted by molar-refractivity contribution is 9.10. The lowest BCUT2D eigenvalue weighted by Crippen LogP contribution is -2.11. The Morgan fingerprint density at radius 3 is 2.79 bits per heavy atom. The molecule has 0 radical (unpaired) electrons. The number of hydrogen-bond acceptors (Lipinski definition) is 3. The molecule has 1 heterocycles. The number of ketones is 1. The van der Waals surface area contributed by atoms with Crippen molar-refractivity contribution in [1.82, 2.24) is 9.55 Å². The van der Waals surface area contributed by atoms with Crippen molar-refractivity contribution in [2.75, 3.05) is 5.75 Å². The molecule has 0 fully saturated rings. The third kappa shape index (κ3) is 4.21. The first-order chi connectivity index (χ1) is 9.19. The van der Waals surface area contributed by atoms with Gasteiger partial charge >= 0.3 is 0 Å². The van der Waals surface area contributed by atoms with Crippen LogP contribution in [0.15, 0.2) is 46.0 Å². The maximum atomic E-state index is 11.9. The minimum atomic E-state index is 0.203. The molecule has 0 N–H and O–H groups in total. The Labute approximate surface area is 125 Å². The minimum absolute atomic E-state index is 0.203. The normalized spacial score (nSPS) is 10.6. The van der Waals surface area contributed by atoms with Crippen LogP contribution in [-0.4, -0.2) is 21.1 Å². The predicted octanol–water partition coefficient (Wildman–Crippen LogP) is 3.57. The van der Waals surface area contributed by atoms with Crippen LogP contribution in [0.5, 0.6) is 0 Å². The molecule has 5 heteroatoms. The van der Waals surface area contributed by atoms with Crippen LogP contribution in [0.4, 0.5) is 0 Å².